The number of hydrogen-bond acceptors (Lipinski definition) is 4. The molecule has 0 radical (unpaired) electrons. The second kappa shape index (κ2) is 5.79. The van der Waals surface area contributed by atoms with Crippen LogP contribution in [0.4, 0.5) is 5.69 Å². The summed E-state index contributed by atoms with van der Waals surface area (Å²) in [5.74, 6) is 0.349. The van der Waals surface area contributed by atoms with E-state index in [1.165, 1.54) is 6.07 Å². The van der Waals surface area contributed by atoms with E-state index in [1.54, 1.807) is 12.1 Å². The molecule has 106 valence electrons. The van der Waals surface area contributed by atoms with Crippen molar-refractivity contribution in [3.63, 3.8) is 0 Å². The molecular weight excluding hydrogens is 264 g/mol. The van der Waals surface area contributed by atoms with Gasteiger partial charge in [0.05, 0.1) is 6.61 Å². The van der Waals surface area contributed by atoms with Crippen LogP contribution in [-0.4, -0.2) is 21.1 Å². The van der Waals surface area contributed by atoms with Gasteiger partial charge < -0.3 is 10.5 Å². The Hall–Kier alpha value is -1.27. The van der Waals surface area contributed by atoms with E-state index >= 15 is 0 Å². The molecule has 6 heteroatoms. The number of rotatable bonds is 5. The summed E-state index contributed by atoms with van der Waals surface area (Å²) in [5, 5.41) is 0. The third kappa shape index (κ3) is 3.39. The summed E-state index contributed by atoms with van der Waals surface area (Å²) in [6.45, 7) is 2.23. The van der Waals surface area contributed by atoms with Gasteiger partial charge >= 0.3 is 0 Å². The van der Waals surface area contributed by atoms with E-state index in [-0.39, 0.29) is 10.9 Å². The predicted octanol–water partition coefficient (Wildman–Crippen LogP) is 1.89. The van der Waals surface area contributed by atoms with Gasteiger partial charge in [-0.1, -0.05) is 12.8 Å². The fraction of sp³-hybridized carbons (Fsp3) is 0.538. The average molecular weight is 284 g/mol. The molecule has 1 aromatic rings. The zero-order chi connectivity index (χ0) is 13.9. The number of anilines is 1. The van der Waals surface area contributed by atoms with E-state index in [2.05, 4.69) is 4.72 Å². The highest BCUT2D eigenvalue weighted by atomic mass is 32.2. The summed E-state index contributed by atoms with van der Waals surface area (Å²) in [7, 11) is -3.57. The van der Waals surface area contributed by atoms with Gasteiger partial charge in [-0.15, -0.1) is 0 Å². The lowest BCUT2D eigenvalue weighted by atomic mass is 10.3. The first kappa shape index (κ1) is 14.1. The van der Waals surface area contributed by atoms with Crippen molar-refractivity contribution >= 4 is 15.7 Å². The Balaban J connectivity index is 2.29. The molecule has 0 aliphatic heterocycles. The zero-order valence-corrected chi connectivity index (χ0v) is 11.9. The number of benzene rings is 1. The maximum Gasteiger partial charge on any atom is 0.244 e. The fourth-order valence-corrected chi connectivity index (χ4v) is 3.82. The van der Waals surface area contributed by atoms with E-state index in [1.807, 2.05) is 6.92 Å². The molecule has 3 N–H and O–H groups in total. The summed E-state index contributed by atoms with van der Waals surface area (Å²) in [4.78, 5) is 0.126. The Morgan fingerprint density at radius 3 is 2.68 bits per heavy atom. The normalized spacial score (nSPS) is 16.7. The Labute approximate surface area is 114 Å². The van der Waals surface area contributed by atoms with Gasteiger partial charge in [-0.25, -0.2) is 13.1 Å². The number of nitrogens with one attached hydrogen (secondary N) is 1. The third-order valence-corrected chi connectivity index (χ3v) is 4.78. The third-order valence-electron chi connectivity index (χ3n) is 3.23. The van der Waals surface area contributed by atoms with Crippen molar-refractivity contribution in [3.05, 3.63) is 18.2 Å². The van der Waals surface area contributed by atoms with Gasteiger partial charge in [-0.3, -0.25) is 0 Å². The second-order valence-electron chi connectivity index (χ2n) is 4.74. The van der Waals surface area contributed by atoms with Crippen molar-refractivity contribution in [1.82, 2.24) is 4.72 Å². The van der Waals surface area contributed by atoms with Gasteiger partial charge in [-0.2, -0.15) is 0 Å². The van der Waals surface area contributed by atoms with Gasteiger partial charge in [-0.05, 0) is 38.0 Å². The molecule has 0 spiro atoms. The van der Waals surface area contributed by atoms with Gasteiger partial charge in [0.2, 0.25) is 10.0 Å². The van der Waals surface area contributed by atoms with Crippen LogP contribution in [0.3, 0.4) is 0 Å². The molecule has 0 heterocycles. The molecular formula is C13H20N2O3S. The Kier molecular flexibility index (Phi) is 4.31. The first-order valence-corrected chi connectivity index (χ1v) is 8.06. The van der Waals surface area contributed by atoms with Crippen LogP contribution in [0.15, 0.2) is 23.1 Å². The molecule has 1 saturated carbocycles. The van der Waals surface area contributed by atoms with Gasteiger partial charge in [0.25, 0.3) is 0 Å². The standard InChI is InChI=1S/C13H20N2O3S/c1-2-18-12-8-7-10(14)9-13(12)19(16,17)15-11-5-3-4-6-11/h7-9,11,15H,2-6,14H2,1H3. The molecule has 0 unspecified atom stereocenters. The first-order valence-electron chi connectivity index (χ1n) is 6.57. The molecule has 0 atom stereocenters. The maximum atomic E-state index is 12.4. The summed E-state index contributed by atoms with van der Waals surface area (Å²) in [6, 6.07) is 4.71. The van der Waals surface area contributed by atoms with E-state index in [0.29, 0.717) is 18.0 Å². The molecule has 5 nitrogen and oxygen atoms in total. The van der Waals surface area contributed by atoms with E-state index in [9.17, 15) is 8.42 Å². The molecule has 1 aromatic carbocycles. The molecule has 0 saturated heterocycles. The highest BCUT2D eigenvalue weighted by molar-refractivity contribution is 7.89. The van der Waals surface area contributed by atoms with Crippen molar-refractivity contribution in [2.45, 2.75) is 43.5 Å². The van der Waals surface area contributed by atoms with Crippen molar-refractivity contribution in [2.75, 3.05) is 12.3 Å². The number of ether oxygens (including phenoxy) is 1. The minimum absolute atomic E-state index is 0.0286. The Morgan fingerprint density at radius 2 is 2.05 bits per heavy atom. The summed E-state index contributed by atoms with van der Waals surface area (Å²) in [5.41, 5.74) is 6.09. The maximum absolute atomic E-state index is 12.4. The number of sulfonamides is 1. The van der Waals surface area contributed by atoms with E-state index < -0.39 is 10.0 Å². The SMILES string of the molecule is CCOc1ccc(N)cc1S(=O)(=O)NC1CCCC1. The lowest BCUT2D eigenvalue weighted by Crippen LogP contribution is -2.33. The molecule has 0 amide bonds. The summed E-state index contributed by atoms with van der Waals surface area (Å²) >= 11 is 0. The summed E-state index contributed by atoms with van der Waals surface area (Å²) in [6.07, 6.45) is 3.93. The van der Waals surface area contributed by atoms with E-state index in [0.717, 1.165) is 25.7 Å². The predicted molar refractivity (Wildman–Crippen MR) is 74.6 cm³/mol. The second-order valence-corrected chi connectivity index (χ2v) is 6.42. The average Bonchev–Trinajstić information content (AvgIpc) is 2.83. The Bertz CT molecular complexity index is 537. The fourth-order valence-electron chi connectivity index (χ4n) is 2.34. The van der Waals surface area contributed by atoms with Crippen LogP contribution in [-0.2, 0) is 10.0 Å². The van der Waals surface area contributed by atoms with Crippen LogP contribution in [0.2, 0.25) is 0 Å². The number of nitrogens with two attached hydrogens (primary N) is 1. The van der Waals surface area contributed by atoms with Gasteiger partial charge in [0.15, 0.2) is 0 Å². The number of hydrogen-bond donors (Lipinski definition) is 2. The van der Waals surface area contributed by atoms with E-state index in [4.69, 9.17) is 10.5 Å². The molecule has 1 aliphatic carbocycles. The van der Waals surface area contributed by atoms with Crippen molar-refractivity contribution in [3.8, 4) is 5.75 Å². The smallest absolute Gasteiger partial charge is 0.244 e. The molecule has 1 aliphatic rings. The van der Waals surface area contributed by atoms with Gasteiger partial charge in [0.1, 0.15) is 10.6 Å². The number of nitrogen functional groups attached to an aromatic ring is 1. The Morgan fingerprint density at radius 1 is 1.37 bits per heavy atom. The van der Waals surface area contributed by atoms with Crippen molar-refractivity contribution < 1.29 is 13.2 Å². The molecule has 0 aromatic heterocycles. The van der Waals surface area contributed by atoms with Crippen LogP contribution in [0.25, 0.3) is 0 Å². The molecule has 1 fully saturated rings. The van der Waals surface area contributed by atoms with Crippen molar-refractivity contribution in [2.24, 2.45) is 0 Å². The largest absolute Gasteiger partial charge is 0.492 e. The van der Waals surface area contributed by atoms with Crippen LogP contribution in [0, 0.1) is 0 Å². The minimum Gasteiger partial charge on any atom is -0.492 e. The monoisotopic (exact) mass is 284 g/mol. The van der Waals surface area contributed by atoms with Crippen LogP contribution in [0.5, 0.6) is 5.75 Å². The lowest BCUT2D eigenvalue weighted by Gasteiger charge is -2.15. The highest BCUT2D eigenvalue weighted by Crippen LogP contribution is 2.28. The lowest BCUT2D eigenvalue weighted by molar-refractivity contribution is 0.331. The topological polar surface area (TPSA) is 81.4 Å². The van der Waals surface area contributed by atoms with Crippen LogP contribution < -0.4 is 15.2 Å². The summed E-state index contributed by atoms with van der Waals surface area (Å²) < 4.78 is 32.9. The quantitative estimate of drug-likeness (QED) is 0.809. The molecule has 2 rings (SSSR count). The molecule has 0 bridgehead atoms. The first-order chi connectivity index (χ1) is 9.03. The van der Waals surface area contributed by atoms with Crippen LogP contribution >= 0.6 is 0 Å². The zero-order valence-electron chi connectivity index (χ0n) is 11.1. The van der Waals surface area contributed by atoms with Crippen LogP contribution in [0.1, 0.15) is 32.6 Å². The van der Waals surface area contributed by atoms with Crippen molar-refractivity contribution in [1.29, 1.82) is 0 Å². The minimum atomic E-state index is -3.57. The molecule has 19 heavy (non-hydrogen) atoms. The van der Waals surface area contributed by atoms with Gasteiger partial charge in [0, 0.05) is 11.7 Å². The highest BCUT2D eigenvalue weighted by Gasteiger charge is 2.25.